The molecule has 2 bridgehead atoms. The SMILES string of the molecule is COc1ccc(F)c(CN2C3CC2CN(c2ccc(-c4cc(NCC(F)F)cn5ncc(C#N)c45)cn2)C3)c1. The largest absolute Gasteiger partial charge is 0.497 e. The van der Waals surface area contributed by atoms with Crippen molar-refractivity contribution in [2.45, 2.75) is 31.5 Å². The number of hydrogen-bond acceptors (Lipinski definition) is 7. The van der Waals surface area contributed by atoms with E-state index in [-0.39, 0.29) is 5.82 Å². The Kier molecular flexibility index (Phi) is 6.48. The molecule has 3 saturated heterocycles. The van der Waals surface area contributed by atoms with E-state index in [9.17, 15) is 18.4 Å². The smallest absolute Gasteiger partial charge is 0.255 e. The van der Waals surface area contributed by atoms with Crippen molar-refractivity contribution in [3.63, 3.8) is 0 Å². The van der Waals surface area contributed by atoms with E-state index >= 15 is 0 Å². The second-order valence-corrected chi connectivity index (χ2v) is 9.86. The number of pyridine rings is 2. The van der Waals surface area contributed by atoms with Crippen LogP contribution in [-0.4, -0.2) is 64.8 Å². The molecule has 200 valence electrons. The summed E-state index contributed by atoms with van der Waals surface area (Å²) < 4.78 is 46.7. The van der Waals surface area contributed by atoms with Gasteiger partial charge in [-0.15, -0.1) is 0 Å². The lowest BCUT2D eigenvalue weighted by Gasteiger charge is -2.56. The average molecular weight is 534 g/mol. The number of halogens is 3. The zero-order valence-corrected chi connectivity index (χ0v) is 21.2. The Morgan fingerprint density at radius 3 is 2.67 bits per heavy atom. The van der Waals surface area contributed by atoms with Gasteiger partial charge in [-0.05, 0) is 42.8 Å². The number of rotatable bonds is 8. The third-order valence-corrected chi connectivity index (χ3v) is 7.53. The fraction of sp³-hybridized carbons (Fsp3) is 0.321. The van der Waals surface area contributed by atoms with E-state index in [0.29, 0.717) is 52.3 Å². The summed E-state index contributed by atoms with van der Waals surface area (Å²) in [6.45, 7) is 1.62. The summed E-state index contributed by atoms with van der Waals surface area (Å²) in [5, 5.41) is 16.5. The molecule has 11 heteroatoms. The molecule has 3 fully saturated rings. The van der Waals surface area contributed by atoms with Gasteiger partial charge in [0.15, 0.2) is 0 Å². The average Bonchev–Trinajstić information content (AvgIpc) is 3.38. The highest BCUT2D eigenvalue weighted by Gasteiger charge is 2.44. The molecule has 2 atom stereocenters. The Labute approximate surface area is 223 Å². The van der Waals surface area contributed by atoms with E-state index < -0.39 is 13.0 Å². The van der Waals surface area contributed by atoms with Gasteiger partial charge in [-0.25, -0.2) is 22.7 Å². The van der Waals surface area contributed by atoms with E-state index in [0.717, 1.165) is 30.9 Å². The van der Waals surface area contributed by atoms with Gasteiger partial charge in [0.05, 0.1) is 42.8 Å². The molecular weight excluding hydrogens is 507 g/mol. The summed E-state index contributed by atoms with van der Waals surface area (Å²) in [5.41, 5.74) is 3.51. The molecule has 0 amide bonds. The summed E-state index contributed by atoms with van der Waals surface area (Å²) in [5.74, 6) is 1.25. The number of aromatic nitrogens is 3. The maximum absolute atomic E-state index is 14.4. The molecule has 1 aromatic carbocycles. The van der Waals surface area contributed by atoms with Crippen molar-refractivity contribution in [3.8, 4) is 22.9 Å². The molecule has 0 spiro atoms. The van der Waals surface area contributed by atoms with Gasteiger partial charge in [-0.2, -0.15) is 10.4 Å². The summed E-state index contributed by atoms with van der Waals surface area (Å²) in [6.07, 6.45) is 3.35. The van der Waals surface area contributed by atoms with E-state index in [1.54, 1.807) is 37.7 Å². The number of ether oxygens (including phenoxy) is 1. The molecule has 39 heavy (non-hydrogen) atoms. The van der Waals surface area contributed by atoms with Crippen molar-refractivity contribution < 1.29 is 17.9 Å². The number of alkyl halides is 2. The van der Waals surface area contributed by atoms with Crippen molar-refractivity contribution >= 4 is 17.0 Å². The fourth-order valence-electron chi connectivity index (χ4n) is 5.58. The number of hydrogen-bond donors (Lipinski definition) is 1. The predicted molar refractivity (Wildman–Crippen MR) is 141 cm³/mol. The lowest BCUT2D eigenvalue weighted by atomic mass is 9.86. The highest BCUT2D eigenvalue weighted by Crippen LogP contribution is 2.37. The minimum Gasteiger partial charge on any atom is -0.497 e. The third kappa shape index (κ3) is 4.72. The summed E-state index contributed by atoms with van der Waals surface area (Å²) in [7, 11) is 1.58. The van der Waals surface area contributed by atoms with E-state index in [1.807, 2.05) is 12.1 Å². The van der Waals surface area contributed by atoms with Crippen molar-refractivity contribution in [3.05, 3.63) is 71.9 Å². The van der Waals surface area contributed by atoms with Gasteiger partial charge in [0.1, 0.15) is 23.5 Å². The molecule has 3 aliphatic heterocycles. The Morgan fingerprint density at radius 1 is 1.15 bits per heavy atom. The molecule has 8 nitrogen and oxygen atoms in total. The van der Waals surface area contributed by atoms with Crippen molar-refractivity contribution in [2.75, 3.05) is 37.0 Å². The van der Waals surface area contributed by atoms with Crippen LogP contribution in [0.1, 0.15) is 17.5 Å². The van der Waals surface area contributed by atoms with Gasteiger partial charge in [0, 0.05) is 54.6 Å². The minimum absolute atomic E-state index is 0.227. The van der Waals surface area contributed by atoms with Crippen LogP contribution in [0, 0.1) is 17.1 Å². The number of nitrogens with zero attached hydrogens (tertiary/aromatic N) is 6. The number of nitrogens with one attached hydrogen (secondary N) is 1. The van der Waals surface area contributed by atoms with Crippen LogP contribution in [-0.2, 0) is 6.54 Å². The molecule has 0 saturated carbocycles. The van der Waals surface area contributed by atoms with Crippen molar-refractivity contribution in [2.24, 2.45) is 0 Å². The van der Waals surface area contributed by atoms with Gasteiger partial charge < -0.3 is 15.0 Å². The molecule has 7 rings (SSSR count). The first-order valence-corrected chi connectivity index (χ1v) is 12.7. The number of anilines is 2. The van der Waals surface area contributed by atoms with Gasteiger partial charge in [-0.3, -0.25) is 4.90 Å². The number of piperidine rings is 1. The molecule has 0 aliphatic carbocycles. The standard InChI is InChI=1S/C28H26F3N7O/c1-39-23-3-4-25(29)18(6-23)13-37-21-8-22(37)16-36(15-21)27-5-2-17(10-34-27)24-7-20(33-12-26(30)31)14-38-28(24)19(9-32)11-35-38/h2-7,10-11,14,21-22,26,33H,8,12-13,15-16H2,1H3. The van der Waals surface area contributed by atoms with Gasteiger partial charge >= 0.3 is 0 Å². The monoisotopic (exact) mass is 533 g/mol. The van der Waals surface area contributed by atoms with Crippen molar-refractivity contribution in [1.29, 1.82) is 5.26 Å². The first kappa shape index (κ1) is 25.0. The normalized spacial score (nSPS) is 18.7. The van der Waals surface area contributed by atoms with Gasteiger partial charge in [0.25, 0.3) is 6.43 Å². The van der Waals surface area contributed by atoms with Crippen LogP contribution in [0.4, 0.5) is 24.7 Å². The second kappa shape index (κ2) is 10.1. The maximum Gasteiger partial charge on any atom is 0.255 e. The number of methoxy groups -OCH3 is 1. The van der Waals surface area contributed by atoms with Gasteiger partial charge in [-0.1, -0.05) is 0 Å². The highest BCUT2D eigenvalue weighted by atomic mass is 19.3. The van der Waals surface area contributed by atoms with Crippen molar-refractivity contribution in [1.82, 2.24) is 19.5 Å². The van der Waals surface area contributed by atoms with Gasteiger partial charge in [0.2, 0.25) is 0 Å². The lowest BCUT2D eigenvalue weighted by Crippen LogP contribution is -2.68. The predicted octanol–water partition coefficient (Wildman–Crippen LogP) is 4.56. The summed E-state index contributed by atoms with van der Waals surface area (Å²) >= 11 is 0. The van der Waals surface area contributed by atoms with Crippen LogP contribution >= 0.6 is 0 Å². The number of piperazine rings is 1. The quantitative estimate of drug-likeness (QED) is 0.356. The zero-order valence-electron chi connectivity index (χ0n) is 21.2. The van der Waals surface area contributed by atoms with E-state index in [1.165, 1.54) is 16.8 Å². The molecule has 2 unspecified atom stereocenters. The number of benzene rings is 1. The van der Waals surface area contributed by atoms with Crippen LogP contribution in [0.5, 0.6) is 5.75 Å². The molecule has 3 aromatic heterocycles. The molecule has 1 N–H and O–H groups in total. The number of fused-ring (bicyclic) bond motifs is 3. The highest BCUT2D eigenvalue weighted by molar-refractivity contribution is 5.86. The second-order valence-electron chi connectivity index (χ2n) is 9.86. The fourth-order valence-corrected chi connectivity index (χ4v) is 5.58. The Hall–Kier alpha value is -4.30. The maximum atomic E-state index is 14.4. The third-order valence-electron chi connectivity index (χ3n) is 7.53. The molecule has 6 heterocycles. The molecule has 3 aliphatic rings. The van der Waals surface area contributed by atoms with Crippen LogP contribution < -0.4 is 15.0 Å². The molecule has 0 radical (unpaired) electrons. The van der Waals surface area contributed by atoms with Crippen LogP contribution in [0.2, 0.25) is 0 Å². The summed E-state index contributed by atoms with van der Waals surface area (Å²) in [6, 6.07) is 13.2. The lowest BCUT2D eigenvalue weighted by molar-refractivity contribution is -0.00950. The molecule has 4 aromatic rings. The van der Waals surface area contributed by atoms with E-state index in [2.05, 4.69) is 26.3 Å². The Balaban J connectivity index is 1.20. The summed E-state index contributed by atoms with van der Waals surface area (Å²) in [4.78, 5) is 9.27. The Morgan fingerprint density at radius 2 is 1.97 bits per heavy atom. The van der Waals surface area contributed by atoms with E-state index in [4.69, 9.17) is 9.72 Å². The van der Waals surface area contributed by atoms with Crippen LogP contribution in [0.3, 0.4) is 0 Å². The van der Waals surface area contributed by atoms with Crippen LogP contribution in [0.15, 0.2) is 55.0 Å². The topological polar surface area (TPSA) is 81.7 Å². The first-order valence-electron chi connectivity index (χ1n) is 12.7. The first-order chi connectivity index (χ1) is 18.9. The number of nitriles is 1. The Bertz CT molecular complexity index is 1540. The minimum atomic E-state index is -2.50. The van der Waals surface area contributed by atoms with Crippen LogP contribution in [0.25, 0.3) is 16.6 Å². The molecular formula is C28H26F3N7O. The zero-order chi connectivity index (χ0) is 27.1.